The molecule has 0 aliphatic carbocycles. The smallest absolute Gasteiger partial charge is 0.284 e. The molecule has 1 aliphatic rings. The molecule has 0 saturated carbocycles. The fourth-order valence-electron chi connectivity index (χ4n) is 1.32. The third-order valence-electron chi connectivity index (χ3n) is 1.96. The second-order valence-electron chi connectivity index (χ2n) is 2.90. The lowest BCUT2D eigenvalue weighted by molar-refractivity contribution is -0.120. The number of hydrogen-bond donors (Lipinski definition) is 1. The highest BCUT2D eigenvalue weighted by Crippen LogP contribution is 2.19. The number of benzene rings is 1. The zero-order valence-electron chi connectivity index (χ0n) is 7.25. The second-order valence-corrected chi connectivity index (χ2v) is 2.90. The molecule has 2 rings (SSSR count). The molecule has 72 valence electrons. The van der Waals surface area contributed by atoms with Gasteiger partial charge in [-0.05, 0) is 12.1 Å². The van der Waals surface area contributed by atoms with Gasteiger partial charge < -0.3 is 0 Å². The summed E-state index contributed by atoms with van der Waals surface area (Å²) in [6.45, 7) is -0.284. The van der Waals surface area contributed by atoms with Gasteiger partial charge >= 0.3 is 6.03 Å². The van der Waals surface area contributed by atoms with Crippen LogP contribution in [0.15, 0.2) is 30.3 Å². The molecule has 0 aromatic heterocycles. The summed E-state index contributed by atoms with van der Waals surface area (Å²) in [6.07, 6.45) is 0. The first-order chi connectivity index (χ1) is 6.70. The van der Waals surface area contributed by atoms with Crippen molar-refractivity contribution < 1.29 is 14.8 Å². The minimum absolute atomic E-state index is 0.284. The molecule has 1 aromatic carbocycles. The summed E-state index contributed by atoms with van der Waals surface area (Å²) in [5.41, 5.74) is 0.471. The first kappa shape index (κ1) is 8.71. The van der Waals surface area contributed by atoms with E-state index in [4.69, 9.17) is 5.21 Å². The largest absolute Gasteiger partial charge is 0.355 e. The highest BCUT2D eigenvalue weighted by atomic mass is 16.5. The number of rotatable bonds is 1. The van der Waals surface area contributed by atoms with E-state index in [0.29, 0.717) is 10.8 Å². The summed E-state index contributed by atoms with van der Waals surface area (Å²) >= 11 is 0. The van der Waals surface area contributed by atoms with E-state index in [9.17, 15) is 9.59 Å². The number of hydrogen-bond acceptors (Lipinski definition) is 3. The van der Waals surface area contributed by atoms with Crippen LogP contribution in [0, 0.1) is 0 Å². The van der Waals surface area contributed by atoms with Gasteiger partial charge in [-0.15, -0.1) is 0 Å². The molecule has 14 heavy (non-hydrogen) atoms. The Morgan fingerprint density at radius 3 is 2.29 bits per heavy atom. The molecule has 1 aliphatic heterocycles. The first-order valence-corrected chi connectivity index (χ1v) is 4.08. The van der Waals surface area contributed by atoms with Gasteiger partial charge in [0.1, 0.15) is 6.54 Å². The zero-order chi connectivity index (χ0) is 10.1. The lowest BCUT2D eigenvalue weighted by Gasteiger charge is -2.12. The van der Waals surface area contributed by atoms with Crippen molar-refractivity contribution in [1.29, 1.82) is 0 Å². The number of imide groups is 1. The van der Waals surface area contributed by atoms with E-state index in [2.05, 4.69) is 0 Å². The number of carbonyl (C=O) groups is 2. The number of urea groups is 1. The number of anilines is 1. The number of amides is 3. The van der Waals surface area contributed by atoms with Crippen LogP contribution in [0.2, 0.25) is 0 Å². The van der Waals surface area contributed by atoms with Crippen molar-refractivity contribution in [3.63, 3.8) is 0 Å². The third-order valence-corrected chi connectivity index (χ3v) is 1.96. The van der Waals surface area contributed by atoms with E-state index in [0.717, 1.165) is 4.90 Å². The zero-order valence-corrected chi connectivity index (χ0v) is 7.25. The number of hydroxylamine groups is 2. The normalized spacial score (nSPS) is 16.6. The molecule has 0 atom stereocenters. The molecule has 3 amide bonds. The van der Waals surface area contributed by atoms with Crippen molar-refractivity contribution in [2.75, 3.05) is 11.4 Å². The van der Waals surface area contributed by atoms with Gasteiger partial charge in [-0.1, -0.05) is 18.2 Å². The van der Waals surface area contributed by atoms with E-state index in [1.54, 1.807) is 30.3 Å². The summed E-state index contributed by atoms with van der Waals surface area (Å²) in [6, 6.07) is 7.78. The lowest BCUT2D eigenvalue weighted by atomic mass is 10.3. The molecule has 0 radical (unpaired) electrons. The van der Waals surface area contributed by atoms with Crippen LogP contribution in [0.4, 0.5) is 10.5 Å². The summed E-state index contributed by atoms with van der Waals surface area (Å²) < 4.78 is 0. The van der Waals surface area contributed by atoms with Gasteiger partial charge in [-0.2, -0.15) is 5.06 Å². The van der Waals surface area contributed by atoms with Crippen molar-refractivity contribution in [3.05, 3.63) is 30.3 Å². The Morgan fingerprint density at radius 1 is 1.14 bits per heavy atom. The summed E-state index contributed by atoms with van der Waals surface area (Å²) in [5, 5.41) is 9.42. The van der Waals surface area contributed by atoms with Crippen LogP contribution >= 0.6 is 0 Å². The monoisotopic (exact) mass is 192 g/mol. The predicted octanol–water partition coefficient (Wildman–Crippen LogP) is 0.844. The minimum atomic E-state index is -0.707. The molecule has 0 spiro atoms. The van der Waals surface area contributed by atoms with E-state index < -0.39 is 11.9 Å². The summed E-state index contributed by atoms with van der Waals surface area (Å²) in [5.74, 6) is -0.427. The molecule has 1 fully saturated rings. The van der Waals surface area contributed by atoms with Crippen LogP contribution in [-0.4, -0.2) is 28.8 Å². The minimum Gasteiger partial charge on any atom is -0.284 e. The Kier molecular flexibility index (Phi) is 1.94. The lowest BCUT2D eigenvalue weighted by Crippen LogP contribution is -2.31. The molecule has 5 nitrogen and oxygen atoms in total. The molecular formula is C9H8N2O3. The van der Waals surface area contributed by atoms with Crippen LogP contribution in [0.5, 0.6) is 0 Å². The maximum Gasteiger partial charge on any atom is 0.355 e. The Hall–Kier alpha value is -1.88. The highest BCUT2D eigenvalue weighted by molar-refractivity contribution is 6.19. The molecule has 0 unspecified atom stereocenters. The van der Waals surface area contributed by atoms with Crippen molar-refractivity contribution in [3.8, 4) is 0 Å². The van der Waals surface area contributed by atoms with Crippen molar-refractivity contribution in [2.45, 2.75) is 0 Å². The predicted molar refractivity (Wildman–Crippen MR) is 47.8 cm³/mol. The number of para-hydroxylation sites is 1. The standard InChI is InChI=1S/C9H8N2O3/c12-8-6-10(14)9(13)11(8)7-4-2-1-3-5-7/h1-5,14H,6H2. The summed E-state index contributed by atoms with van der Waals surface area (Å²) in [7, 11) is 0. The van der Waals surface area contributed by atoms with Gasteiger partial charge in [0.25, 0.3) is 5.91 Å². The number of carbonyl (C=O) groups excluding carboxylic acids is 2. The number of nitrogens with zero attached hydrogens (tertiary/aromatic N) is 2. The fourth-order valence-corrected chi connectivity index (χ4v) is 1.32. The Labute approximate surface area is 80.1 Å². The molecule has 1 saturated heterocycles. The van der Waals surface area contributed by atoms with Crippen molar-refractivity contribution in [1.82, 2.24) is 5.06 Å². The van der Waals surface area contributed by atoms with Crippen molar-refractivity contribution >= 4 is 17.6 Å². The van der Waals surface area contributed by atoms with Crippen LogP contribution in [0.1, 0.15) is 0 Å². The van der Waals surface area contributed by atoms with E-state index in [1.165, 1.54) is 0 Å². The molecular weight excluding hydrogens is 184 g/mol. The van der Waals surface area contributed by atoms with Crippen LogP contribution in [-0.2, 0) is 4.79 Å². The van der Waals surface area contributed by atoms with Crippen LogP contribution in [0.3, 0.4) is 0 Å². The topological polar surface area (TPSA) is 60.9 Å². The Bertz CT molecular complexity index is 377. The molecule has 1 heterocycles. The van der Waals surface area contributed by atoms with E-state index in [1.807, 2.05) is 0 Å². The highest BCUT2D eigenvalue weighted by Gasteiger charge is 2.36. The molecule has 1 aromatic rings. The SMILES string of the molecule is O=C1CN(O)C(=O)N1c1ccccc1. The van der Waals surface area contributed by atoms with Crippen LogP contribution in [0.25, 0.3) is 0 Å². The average Bonchev–Trinajstić information content (AvgIpc) is 2.43. The Balaban J connectivity index is 2.36. The molecule has 1 N–H and O–H groups in total. The third kappa shape index (κ3) is 1.23. The fraction of sp³-hybridized carbons (Fsp3) is 0.111. The summed E-state index contributed by atoms with van der Waals surface area (Å²) in [4.78, 5) is 23.5. The van der Waals surface area contributed by atoms with Crippen molar-refractivity contribution in [2.24, 2.45) is 0 Å². The van der Waals surface area contributed by atoms with Crippen LogP contribution < -0.4 is 4.90 Å². The van der Waals surface area contributed by atoms with Gasteiger partial charge in [0.2, 0.25) is 0 Å². The van der Waals surface area contributed by atoms with E-state index >= 15 is 0 Å². The first-order valence-electron chi connectivity index (χ1n) is 4.08. The van der Waals surface area contributed by atoms with Gasteiger partial charge in [0.05, 0.1) is 5.69 Å². The quantitative estimate of drug-likeness (QED) is 0.530. The maximum absolute atomic E-state index is 11.3. The van der Waals surface area contributed by atoms with Gasteiger partial charge in [-0.25, -0.2) is 9.69 Å². The maximum atomic E-state index is 11.3. The second kappa shape index (κ2) is 3.12. The molecule has 5 heteroatoms. The molecule has 0 bridgehead atoms. The van der Waals surface area contributed by atoms with Gasteiger partial charge in [0, 0.05) is 0 Å². The van der Waals surface area contributed by atoms with Gasteiger partial charge in [-0.3, -0.25) is 10.0 Å². The Morgan fingerprint density at radius 2 is 1.79 bits per heavy atom. The van der Waals surface area contributed by atoms with Gasteiger partial charge in [0.15, 0.2) is 0 Å². The van der Waals surface area contributed by atoms with E-state index in [-0.39, 0.29) is 6.54 Å². The average molecular weight is 192 g/mol.